The predicted molar refractivity (Wildman–Crippen MR) is 189 cm³/mol. The molecule has 7 heteroatoms. The summed E-state index contributed by atoms with van der Waals surface area (Å²) in [5.41, 5.74) is 8.27. The van der Waals surface area contributed by atoms with Gasteiger partial charge in [0.25, 0.3) is 5.91 Å². The van der Waals surface area contributed by atoms with Crippen molar-refractivity contribution in [3.05, 3.63) is 168 Å². The van der Waals surface area contributed by atoms with Gasteiger partial charge in [-0.15, -0.1) is 0 Å². The van der Waals surface area contributed by atoms with Crippen LogP contribution < -0.4 is 4.74 Å². The number of pyridine rings is 1. The van der Waals surface area contributed by atoms with Crippen molar-refractivity contribution in [3.63, 3.8) is 0 Å². The van der Waals surface area contributed by atoms with Crippen LogP contribution in [0.2, 0.25) is 0 Å². The first-order valence-electron chi connectivity index (χ1n) is 15.9. The highest BCUT2D eigenvalue weighted by atomic mass is 16.5. The summed E-state index contributed by atoms with van der Waals surface area (Å²) in [5.74, 6) is 0.546. The summed E-state index contributed by atoms with van der Waals surface area (Å²) in [6.07, 6.45) is 0.525. The average Bonchev–Trinajstić information content (AvgIpc) is 3.81. The minimum Gasteiger partial charge on any atom is -0.497 e. The molecule has 0 bridgehead atoms. The predicted octanol–water partition coefficient (Wildman–Crippen LogP) is 8.75. The van der Waals surface area contributed by atoms with Crippen LogP contribution in [0.1, 0.15) is 34.1 Å². The van der Waals surface area contributed by atoms with Crippen LogP contribution in [0.5, 0.6) is 5.75 Å². The molecular weight excluding hydrogens is 594 g/mol. The number of fused-ring (bicyclic) bond motifs is 1. The monoisotopic (exact) mass is 625 g/mol. The molecule has 1 unspecified atom stereocenters. The van der Waals surface area contributed by atoms with Crippen LogP contribution in [0.3, 0.4) is 0 Å². The Bertz CT molecular complexity index is 2260. The van der Waals surface area contributed by atoms with E-state index in [1.807, 2.05) is 138 Å². The summed E-state index contributed by atoms with van der Waals surface area (Å²) < 4.78 is 7.32. The van der Waals surface area contributed by atoms with Crippen LogP contribution in [-0.4, -0.2) is 38.5 Å². The molecule has 5 aromatic carbocycles. The van der Waals surface area contributed by atoms with Crippen molar-refractivity contribution < 1.29 is 9.53 Å². The highest BCUT2D eigenvalue weighted by molar-refractivity contribution is 6.10. The van der Waals surface area contributed by atoms with Gasteiger partial charge in [-0.2, -0.15) is 10.2 Å². The Morgan fingerprint density at radius 3 is 2.02 bits per heavy atom. The third-order valence-electron chi connectivity index (χ3n) is 8.71. The number of benzene rings is 5. The second-order valence-electron chi connectivity index (χ2n) is 11.7. The topological polar surface area (TPSA) is 72.6 Å². The molecule has 0 saturated heterocycles. The molecule has 1 aliphatic rings. The van der Waals surface area contributed by atoms with Gasteiger partial charge in [0.05, 0.1) is 46.7 Å². The first-order chi connectivity index (χ1) is 23.7. The largest absolute Gasteiger partial charge is 0.497 e. The SMILES string of the molecule is COc1ccc(-c2cc(C(=O)N3N=C(c4ccccc4)CC3c3cc(-c4ccccc4)nn3-c3ccccc3)c3ccccc3n2)cc1. The molecule has 0 fully saturated rings. The first-order valence-corrected chi connectivity index (χ1v) is 15.9. The Kier molecular flexibility index (Phi) is 7.55. The first kappa shape index (κ1) is 29.1. The van der Waals surface area contributed by atoms with Crippen LogP contribution in [0.25, 0.3) is 39.1 Å². The van der Waals surface area contributed by atoms with Gasteiger partial charge in [-0.1, -0.05) is 97.1 Å². The molecule has 0 N–H and O–H groups in total. The van der Waals surface area contributed by atoms with E-state index in [4.69, 9.17) is 19.9 Å². The molecule has 0 saturated carbocycles. The highest BCUT2D eigenvalue weighted by Gasteiger charge is 2.37. The fourth-order valence-corrected chi connectivity index (χ4v) is 6.28. The highest BCUT2D eigenvalue weighted by Crippen LogP contribution is 2.38. The minimum absolute atomic E-state index is 0.207. The molecule has 1 aliphatic heterocycles. The molecule has 0 radical (unpaired) electrons. The van der Waals surface area contributed by atoms with Crippen molar-refractivity contribution in [3.8, 4) is 34.0 Å². The van der Waals surface area contributed by atoms with Gasteiger partial charge in [-0.25, -0.2) is 14.7 Å². The van der Waals surface area contributed by atoms with E-state index >= 15 is 0 Å². The Balaban J connectivity index is 1.29. The Morgan fingerprint density at radius 1 is 0.688 bits per heavy atom. The third kappa shape index (κ3) is 5.41. The van der Waals surface area contributed by atoms with E-state index in [9.17, 15) is 4.79 Å². The van der Waals surface area contributed by atoms with Gasteiger partial charge in [-0.05, 0) is 60.2 Å². The second-order valence-corrected chi connectivity index (χ2v) is 11.7. The number of amides is 1. The normalized spacial score (nSPS) is 14.2. The molecule has 2 aromatic heterocycles. The maximum Gasteiger partial charge on any atom is 0.275 e. The second kappa shape index (κ2) is 12.5. The Morgan fingerprint density at radius 2 is 1.31 bits per heavy atom. The maximum atomic E-state index is 15.0. The summed E-state index contributed by atoms with van der Waals surface area (Å²) >= 11 is 0. The summed E-state index contributed by atoms with van der Waals surface area (Å²) in [6.45, 7) is 0. The van der Waals surface area contributed by atoms with Crippen molar-refractivity contribution in [2.45, 2.75) is 12.5 Å². The van der Waals surface area contributed by atoms with Gasteiger partial charge in [0.2, 0.25) is 0 Å². The van der Waals surface area contributed by atoms with Crippen molar-refractivity contribution in [1.82, 2.24) is 19.8 Å². The standard InChI is InChI=1S/C41H31N5O2/c1-48-32-23-21-30(22-24-32)36-25-34(33-19-11-12-20-35(33)42-36)41(47)46-40(27-38(44-46)29-15-7-3-8-16-29)39-26-37(28-13-5-2-6-14-28)43-45(39)31-17-9-4-10-18-31/h2-26,40H,27H2,1H3. The lowest BCUT2D eigenvalue weighted by Crippen LogP contribution is -2.29. The number of aromatic nitrogens is 3. The third-order valence-corrected chi connectivity index (χ3v) is 8.71. The van der Waals surface area contributed by atoms with E-state index in [0.29, 0.717) is 17.7 Å². The van der Waals surface area contributed by atoms with Gasteiger partial charge in [0, 0.05) is 22.9 Å². The number of hydrogen-bond acceptors (Lipinski definition) is 5. The molecule has 48 heavy (non-hydrogen) atoms. The van der Waals surface area contributed by atoms with Gasteiger partial charge < -0.3 is 4.74 Å². The molecule has 7 nitrogen and oxygen atoms in total. The lowest BCUT2D eigenvalue weighted by molar-refractivity contribution is 0.0708. The van der Waals surface area contributed by atoms with E-state index in [1.54, 1.807) is 12.1 Å². The summed E-state index contributed by atoms with van der Waals surface area (Å²) in [4.78, 5) is 19.9. The zero-order valence-corrected chi connectivity index (χ0v) is 26.3. The van der Waals surface area contributed by atoms with Crippen LogP contribution in [0.15, 0.2) is 157 Å². The molecule has 1 amide bonds. The number of hydrazone groups is 1. The number of methoxy groups -OCH3 is 1. The summed E-state index contributed by atoms with van der Waals surface area (Å²) in [6, 6.07) is 49.2. The van der Waals surface area contributed by atoms with Crippen LogP contribution in [0.4, 0.5) is 0 Å². The number of carbonyl (C=O) groups excluding carboxylic acids is 1. The van der Waals surface area contributed by atoms with Gasteiger partial charge in [0.1, 0.15) is 11.8 Å². The average molecular weight is 626 g/mol. The number of para-hydroxylation sites is 2. The lowest BCUT2D eigenvalue weighted by atomic mass is 9.99. The quantitative estimate of drug-likeness (QED) is 0.178. The maximum absolute atomic E-state index is 15.0. The minimum atomic E-state index is -0.422. The molecular formula is C41H31N5O2. The van der Waals surface area contributed by atoms with Gasteiger partial charge in [0.15, 0.2) is 0 Å². The number of ether oxygens (including phenoxy) is 1. The zero-order valence-electron chi connectivity index (χ0n) is 26.3. The molecule has 0 aliphatic carbocycles. The van der Waals surface area contributed by atoms with Crippen molar-refractivity contribution >= 4 is 22.5 Å². The molecule has 3 heterocycles. The smallest absolute Gasteiger partial charge is 0.275 e. The molecule has 232 valence electrons. The molecule has 8 rings (SSSR count). The molecule has 0 spiro atoms. The van der Waals surface area contributed by atoms with E-state index in [1.165, 1.54) is 0 Å². The summed E-state index contributed by atoms with van der Waals surface area (Å²) in [7, 11) is 1.64. The van der Waals surface area contributed by atoms with E-state index in [-0.39, 0.29) is 5.91 Å². The van der Waals surface area contributed by atoms with Gasteiger partial charge >= 0.3 is 0 Å². The molecule has 7 aromatic rings. The van der Waals surface area contributed by atoms with Crippen LogP contribution >= 0.6 is 0 Å². The van der Waals surface area contributed by atoms with Crippen LogP contribution in [-0.2, 0) is 0 Å². The number of hydrogen-bond donors (Lipinski definition) is 0. The number of nitrogens with zero attached hydrogens (tertiary/aromatic N) is 5. The fourth-order valence-electron chi connectivity index (χ4n) is 6.28. The van der Waals surface area contributed by atoms with E-state index < -0.39 is 6.04 Å². The van der Waals surface area contributed by atoms with Crippen molar-refractivity contribution in [2.24, 2.45) is 5.10 Å². The zero-order chi connectivity index (χ0) is 32.5. The number of rotatable bonds is 7. The van der Waals surface area contributed by atoms with Gasteiger partial charge in [-0.3, -0.25) is 4.79 Å². The van der Waals surface area contributed by atoms with E-state index in [0.717, 1.165) is 56.1 Å². The lowest BCUT2D eigenvalue weighted by Gasteiger charge is -2.23. The van der Waals surface area contributed by atoms with Crippen molar-refractivity contribution in [2.75, 3.05) is 7.11 Å². The van der Waals surface area contributed by atoms with Crippen LogP contribution in [0, 0.1) is 0 Å². The summed E-state index contributed by atoms with van der Waals surface area (Å²) in [5, 5.41) is 12.6. The van der Waals surface area contributed by atoms with Crippen molar-refractivity contribution in [1.29, 1.82) is 0 Å². The molecule has 1 atom stereocenters. The number of carbonyl (C=O) groups is 1. The van der Waals surface area contributed by atoms with E-state index in [2.05, 4.69) is 18.2 Å². The Labute approximate surface area is 278 Å². The Hall–Kier alpha value is -6.34. The fraction of sp³-hybridized carbons (Fsp3) is 0.0732.